The number of rotatable bonds is 8. The highest BCUT2D eigenvalue weighted by Crippen LogP contribution is 2.46. The fourth-order valence-electron chi connectivity index (χ4n) is 7.45. The first-order valence-corrected chi connectivity index (χ1v) is 19.2. The van der Waals surface area contributed by atoms with Gasteiger partial charge in [0, 0.05) is 23.8 Å². The third-order valence-corrected chi connectivity index (χ3v) is 11.2. The van der Waals surface area contributed by atoms with Crippen LogP contribution in [0.25, 0.3) is 10.9 Å². The van der Waals surface area contributed by atoms with Gasteiger partial charge in [-0.05, 0) is 63.5 Å². The maximum Gasteiger partial charge on any atom is 0.605 e. The number of hydrogen-bond acceptors (Lipinski definition) is 9. The summed E-state index contributed by atoms with van der Waals surface area (Å²) < 4.78 is 22.4. The molecule has 278 valence electrons. The van der Waals surface area contributed by atoms with Crippen molar-refractivity contribution in [2.45, 2.75) is 100 Å². The van der Waals surface area contributed by atoms with Gasteiger partial charge < -0.3 is 29.7 Å². The topological polar surface area (TPSA) is 165 Å². The molecule has 2 N–H and O–H groups in total. The Labute approximate surface area is 314 Å². The molecule has 0 radical (unpaired) electrons. The van der Waals surface area contributed by atoms with E-state index in [1.165, 1.54) is 18.1 Å². The normalized spacial score (nSPS) is 27.3. The molecule has 13 nitrogen and oxygen atoms in total. The number of halogens is 2. The van der Waals surface area contributed by atoms with Gasteiger partial charge in [-0.25, -0.2) is 9.78 Å². The molecule has 2 aliphatic carbocycles. The molecule has 0 bridgehead atoms. The number of hydrogen-bond donors (Lipinski definition) is 2. The molecule has 4 aliphatic rings. The second kappa shape index (κ2) is 16.3. The quantitative estimate of drug-likeness (QED) is 0.159. The molecular formula is C37H43BrClN4O9+. The van der Waals surface area contributed by atoms with Gasteiger partial charge in [0.15, 0.2) is 12.6 Å². The lowest BCUT2D eigenvalue weighted by molar-refractivity contribution is -0.372. The SMILES string of the molecule is C=[O+]C(=O)[C@@]12CC1/C=C\CCCCC[C@H](NC(=O)OC1CCCC1)C(=O)N1C[C@H](Oc3cc(C(=O)CBr)nc4c(Cl)c(OC)ccc34)C[C@H]1C(=O)N2. The number of fused-ring (bicyclic) bond motifs is 3. The molecule has 2 aliphatic heterocycles. The second-order valence-electron chi connectivity index (χ2n) is 13.8. The average molecular weight is 803 g/mol. The maximum atomic E-state index is 14.5. The molecule has 0 spiro atoms. The molecule has 1 unspecified atom stereocenters. The third kappa shape index (κ3) is 7.97. The molecule has 52 heavy (non-hydrogen) atoms. The zero-order valence-electron chi connectivity index (χ0n) is 29.0. The van der Waals surface area contributed by atoms with Crippen LogP contribution in [-0.2, 0) is 23.5 Å². The number of ether oxygens (including phenoxy) is 3. The van der Waals surface area contributed by atoms with E-state index in [-0.39, 0.29) is 58.1 Å². The Bertz CT molecular complexity index is 1780. The van der Waals surface area contributed by atoms with Crippen molar-refractivity contribution >= 4 is 74.9 Å². The molecule has 6 rings (SSSR count). The maximum absolute atomic E-state index is 14.5. The molecule has 1 saturated heterocycles. The van der Waals surface area contributed by atoms with Gasteiger partial charge in [0.1, 0.15) is 46.5 Å². The minimum atomic E-state index is -1.31. The molecule has 3 heterocycles. The fourth-order valence-corrected chi connectivity index (χ4v) is 8.02. The summed E-state index contributed by atoms with van der Waals surface area (Å²) >= 11 is 9.83. The van der Waals surface area contributed by atoms with E-state index in [4.69, 9.17) is 30.2 Å². The summed E-state index contributed by atoms with van der Waals surface area (Å²) in [5.74, 6) is -1.66. The Morgan fingerprint density at radius 1 is 1.12 bits per heavy atom. The van der Waals surface area contributed by atoms with Crippen LogP contribution in [0.4, 0.5) is 4.79 Å². The number of carbonyl (C=O) groups excluding carboxylic acids is 6. The standard InChI is InChI=1S/C37H42BrClN4O9/c1-49-29-15-14-24-30(17-26(28(44)19-38)40-32(24)31(29)39)51-23-16-27-33(45)42-37(35(47)50-2)18-21(37)10-6-4-3-5-7-13-25(34(46)43(27)20-23)41-36(48)52-22-11-8-9-12-22/h6,10,14-15,17,21-23,25,27H,2-5,7-9,11-13,16,18-20H2,1H3,(H-,41,42,45,48)/p+1/b10-6-/t21?,23-,25+,27+,37-/m1/s1. The molecule has 1 aromatic carbocycles. The van der Waals surface area contributed by atoms with Crippen molar-refractivity contribution in [2.24, 2.45) is 5.92 Å². The number of Topliss-reactive ketones (excluding diaryl/α,β-unsaturated/α-hetero) is 1. The highest BCUT2D eigenvalue weighted by atomic mass is 79.9. The molecule has 5 atom stereocenters. The van der Waals surface area contributed by atoms with E-state index < -0.39 is 47.6 Å². The van der Waals surface area contributed by atoms with Crippen LogP contribution in [0, 0.1) is 5.92 Å². The van der Waals surface area contributed by atoms with Crippen LogP contribution in [0.15, 0.2) is 30.4 Å². The van der Waals surface area contributed by atoms with Gasteiger partial charge in [-0.15, -0.1) is 0 Å². The summed E-state index contributed by atoms with van der Waals surface area (Å²) in [7, 11) is 1.47. The summed E-state index contributed by atoms with van der Waals surface area (Å²) in [6.07, 6.45) is 9.57. The summed E-state index contributed by atoms with van der Waals surface area (Å²) in [6, 6.07) is 2.84. The number of nitrogens with one attached hydrogen (secondary N) is 2. The highest BCUT2D eigenvalue weighted by Gasteiger charge is 2.68. The first-order chi connectivity index (χ1) is 25.1. The van der Waals surface area contributed by atoms with Crippen molar-refractivity contribution in [3.63, 3.8) is 0 Å². The van der Waals surface area contributed by atoms with Crippen LogP contribution in [0.3, 0.4) is 0 Å². The monoisotopic (exact) mass is 801 g/mol. The summed E-state index contributed by atoms with van der Waals surface area (Å²) in [5.41, 5.74) is -0.924. The molecule has 15 heteroatoms. The third-order valence-electron chi connectivity index (χ3n) is 10.4. The van der Waals surface area contributed by atoms with E-state index >= 15 is 0 Å². The number of methoxy groups -OCH3 is 1. The molecule has 2 saturated carbocycles. The van der Waals surface area contributed by atoms with Crippen LogP contribution in [0.5, 0.6) is 11.5 Å². The Morgan fingerprint density at radius 2 is 1.88 bits per heavy atom. The minimum absolute atomic E-state index is 0.00566. The van der Waals surface area contributed by atoms with Gasteiger partial charge >= 0.3 is 12.1 Å². The molecule has 1 aromatic heterocycles. The number of allylic oxidation sites excluding steroid dienone is 1. The summed E-state index contributed by atoms with van der Waals surface area (Å²) in [6.45, 7) is 3.27. The van der Waals surface area contributed by atoms with E-state index in [0.717, 1.165) is 44.9 Å². The van der Waals surface area contributed by atoms with E-state index in [1.54, 1.807) is 12.1 Å². The highest BCUT2D eigenvalue weighted by molar-refractivity contribution is 9.09. The van der Waals surface area contributed by atoms with E-state index in [9.17, 15) is 24.0 Å². The summed E-state index contributed by atoms with van der Waals surface area (Å²) in [5, 5.41) is 6.39. The van der Waals surface area contributed by atoms with E-state index in [0.29, 0.717) is 30.4 Å². The fraction of sp³-hybridized carbons (Fsp3) is 0.541. The van der Waals surface area contributed by atoms with Crippen molar-refractivity contribution < 1.29 is 42.6 Å². The first-order valence-electron chi connectivity index (χ1n) is 17.7. The summed E-state index contributed by atoms with van der Waals surface area (Å²) in [4.78, 5) is 73.4. The number of ketones is 1. The number of alkyl carbamates (subject to hydrolysis) is 1. The Balaban J connectivity index is 1.33. The zero-order chi connectivity index (χ0) is 37.0. The minimum Gasteiger partial charge on any atom is -0.495 e. The number of aromatic nitrogens is 1. The van der Waals surface area contributed by atoms with Crippen molar-refractivity contribution in [3.8, 4) is 11.5 Å². The smallest absolute Gasteiger partial charge is 0.495 e. The lowest BCUT2D eigenvalue weighted by Crippen LogP contribution is -2.56. The number of nitrogens with zero attached hydrogens (tertiary/aromatic N) is 2. The van der Waals surface area contributed by atoms with Crippen molar-refractivity contribution in [2.75, 3.05) is 19.0 Å². The van der Waals surface area contributed by atoms with E-state index in [1.807, 2.05) is 12.2 Å². The molecule has 2 aromatic rings. The van der Waals surface area contributed by atoms with Crippen molar-refractivity contribution in [3.05, 3.63) is 41.1 Å². The van der Waals surface area contributed by atoms with Gasteiger partial charge in [0.05, 0.1) is 29.3 Å². The average Bonchev–Trinajstić information content (AvgIpc) is 3.42. The zero-order valence-corrected chi connectivity index (χ0v) is 31.3. The lowest BCUT2D eigenvalue weighted by Gasteiger charge is -2.29. The van der Waals surface area contributed by atoms with Crippen LogP contribution in [0.1, 0.15) is 81.1 Å². The predicted molar refractivity (Wildman–Crippen MR) is 195 cm³/mol. The van der Waals surface area contributed by atoms with Crippen LogP contribution < -0.4 is 20.1 Å². The number of pyridine rings is 1. The molecule has 3 amide bonds. The van der Waals surface area contributed by atoms with Gasteiger partial charge in [-0.3, -0.25) is 18.8 Å². The van der Waals surface area contributed by atoms with Gasteiger partial charge in [0.25, 0.3) is 0 Å². The van der Waals surface area contributed by atoms with Gasteiger partial charge in [-0.1, -0.05) is 52.5 Å². The molecular weight excluding hydrogens is 760 g/mol. The number of amides is 3. The number of carbonyl (C=O) groups is 5. The van der Waals surface area contributed by atoms with Crippen molar-refractivity contribution in [1.29, 1.82) is 0 Å². The molecule has 3 fully saturated rings. The second-order valence-corrected chi connectivity index (χ2v) is 14.7. The van der Waals surface area contributed by atoms with Gasteiger partial charge in [-0.2, -0.15) is 0 Å². The van der Waals surface area contributed by atoms with Gasteiger partial charge in [0.2, 0.25) is 17.4 Å². The van der Waals surface area contributed by atoms with Crippen LogP contribution in [0.2, 0.25) is 5.02 Å². The number of benzene rings is 1. The van der Waals surface area contributed by atoms with Crippen LogP contribution in [-0.4, -0.2) is 95.1 Å². The first kappa shape index (κ1) is 37.7. The van der Waals surface area contributed by atoms with Crippen molar-refractivity contribution in [1.82, 2.24) is 20.5 Å². The predicted octanol–water partition coefficient (Wildman–Crippen LogP) is 5.15. The number of alkyl halides is 1. The largest absolute Gasteiger partial charge is 0.605 e. The Morgan fingerprint density at radius 3 is 2.62 bits per heavy atom. The Kier molecular flexibility index (Phi) is 11.8. The Hall–Kier alpha value is -4.04. The lowest BCUT2D eigenvalue weighted by atomic mass is 10.0. The van der Waals surface area contributed by atoms with E-state index in [2.05, 4.69) is 38.3 Å². The van der Waals surface area contributed by atoms with Crippen LogP contribution >= 0.6 is 27.5 Å².